The summed E-state index contributed by atoms with van der Waals surface area (Å²) < 4.78 is 0.697. The van der Waals surface area contributed by atoms with Crippen molar-refractivity contribution in [2.24, 2.45) is 11.1 Å². The molecular weight excluding hydrogens is 490 g/mol. The van der Waals surface area contributed by atoms with Crippen LogP contribution in [0.5, 0.6) is 0 Å². The van der Waals surface area contributed by atoms with Gasteiger partial charge in [0.1, 0.15) is 11.2 Å². The fourth-order valence-electron chi connectivity index (χ4n) is 2.32. The summed E-state index contributed by atoms with van der Waals surface area (Å²) in [5, 5.41) is 11.7. The van der Waals surface area contributed by atoms with Gasteiger partial charge in [0, 0.05) is 31.5 Å². The van der Waals surface area contributed by atoms with E-state index in [0.717, 1.165) is 6.42 Å². The normalized spacial score (nSPS) is 11.7. The number of nitrogens with zero attached hydrogens (tertiary/aromatic N) is 2. The molecule has 10 nitrogen and oxygen atoms in total. The molecule has 6 N–H and O–H groups in total. The zero-order chi connectivity index (χ0) is 24.9. The molecule has 0 aromatic carbocycles. The monoisotopic (exact) mass is 521 g/mol. The summed E-state index contributed by atoms with van der Waals surface area (Å²) in [7, 11) is 0. The largest absolute Gasteiger partial charge is 0.369 e. The molecule has 3 amide bonds. The van der Waals surface area contributed by atoms with Gasteiger partial charge in [0.2, 0.25) is 23.7 Å². The first-order chi connectivity index (χ1) is 15.6. The summed E-state index contributed by atoms with van der Waals surface area (Å²) in [6, 6.07) is 0. The smallest absolute Gasteiger partial charge is 0.247 e. The quantitative estimate of drug-likeness (QED) is 0.109. The van der Waals surface area contributed by atoms with Gasteiger partial charge >= 0.3 is 0 Å². The highest BCUT2D eigenvalue weighted by Crippen LogP contribution is 2.20. The van der Waals surface area contributed by atoms with E-state index in [9.17, 15) is 14.4 Å². The van der Waals surface area contributed by atoms with Gasteiger partial charge in [-0.1, -0.05) is 25.7 Å². The van der Waals surface area contributed by atoms with Crippen molar-refractivity contribution in [2.45, 2.75) is 33.6 Å². The van der Waals surface area contributed by atoms with E-state index in [1.807, 2.05) is 19.1 Å². The number of anilines is 2. The molecule has 11 heteroatoms. The summed E-state index contributed by atoms with van der Waals surface area (Å²) in [5.74, 6) is -0.311. The first kappa shape index (κ1) is 27.8. The maximum absolute atomic E-state index is 12.0. The van der Waals surface area contributed by atoms with Gasteiger partial charge in [-0.15, -0.1) is 0 Å². The molecule has 0 aliphatic carbocycles. The van der Waals surface area contributed by atoms with Crippen LogP contribution in [0.1, 0.15) is 33.6 Å². The molecule has 0 aliphatic heterocycles. The first-order valence-electron chi connectivity index (χ1n) is 10.5. The summed E-state index contributed by atoms with van der Waals surface area (Å²) in [5.41, 5.74) is 4.68. The van der Waals surface area contributed by atoms with Crippen LogP contribution in [0.4, 0.5) is 11.8 Å². The van der Waals surface area contributed by atoms with Crippen molar-refractivity contribution in [3.8, 4) is 0 Å². The predicted molar refractivity (Wildman–Crippen MR) is 133 cm³/mol. The van der Waals surface area contributed by atoms with E-state index in [2.05, 4.69) is 53.7 Å². The highest BCUT2D eigenvalue weighted by atomic mass is 79.9. The molecule has 0 fully saturated rings. The molecule has 1 rings (SSSR count). The fourth-order valence-corrected chi connectivity index (χ4v) is 2.65. The van der Waals surface area contributed by atoms with Crippen LogP contribution in [0.2, 0.25) is 0 Å². The third-order valence-electron chi connectivity index (χ3n) is 4.41. The fraction of sp³-hybridized carbons (Fsp3) is 0.409. The van der Waals surface area contributed by atoms with Crippen molar-refractivity contribution >= 4 is 45.4 Å². The third-order valence-corrected chi connectivity index (χ3v) is 4.99. The van der Waals surface area contributed by atoms with Gasteiger partial charge in [-0.2, -0.15) is 4.98 Å². The van der Waals surface area contributed by atoms with Crippen molar-refractivity contribution in [1.29, 1.82) is 0 Å². The Bertz CT molecular complexity index is 913. The molecule has 1 aromatic rings. The molecule has 1 aromatic heterocycles. The molecule has 0 atom stereocenters. The zero-order valence-corrected chi connectivity index (χ0v) is 20.8. The van der Waals surface area contributed by atoms with E-state index in [0.29, 0.717) is 48.0 Å². The zero-order valence-electron chi connectivity index (χ0n) is 19.2. The number of rotatable bonds is 14. The average molecular weight is 522 g/mol. The lowest BCUT2D eigenvalue weighted by atomic mass is 9.91. The van der Waals surface area contributed by atoms with Crippen molar-refractivity contribution in [3.63, 3.8) is 0 Å². The van der Waals surface area contributed by atoms with E-state index in [1.54, 1.807) is 12.3 Å². The number of hydrogen-bond donors (Lipinski definition) is 5. The number of halogens is 1. The number of allylic oxidation sites excluding steroid dienone is 2. The van der Waals surface area contributed by atoms with Gasteiger partial charge in [0.25, 0.3) is 0 Å². The number of nitrogens with one attached hydrogen (secondary N) is 4. The Morgan fingerprint density at radius 2 is 1.97 bits per heavy atom. The minimum absolute atomic E-state index is 0.268. The first-order valence-corrected chi connectivity index (χ1v) is 11.3. The Labute approximate surface area is 202 Å². The van der Waals surface area contributed by atoms with Crippen LogP contribution in [-0.2, 0) is 14.4 Å². The molecule has 180 valence electrons. The maximum atomic E-state index is 12.0. The van der Waals surface area contributed by atoms with Crippen molar-refractivity contribution < 1.29 is 14.4 Å². The Kier molecular flexibility index (Phi) is 11.8. The molecule has 0 unspecified atom stereocenters. The van der Waals surface area contributed by atoms with Crippen LogP contribution in [0.3, 0.4) is 0 Å². The van der Waals surface area contributed by atoms with Crippen LogP contribution in [-0.4, -0.2) is 47.3 Å². The van der Waals surface area contributed by atoms with Crippen molar-refractivity contribution in [2.75, 3.05) is 30.3 Å². The lowest BCUT2D eigenvalue weighted by molar-refractivity contribution is -0.139. The predicted octanol–water partition coefficient (Wildman–Crippen LogP) is 2.23. The molecule has 0 saturated carbocycles. The number of primary amides is 1. The third kappa shape index (κ3) is 9.85. The van der Waals surface area contributed by atoms with E-state index >= 15 is 0 Å². The van der Waals surface area contributed by atoms with Gasteiger partial charge in [0.05, 0.1) is 4.47 Å². The SMILES string of the molecule is C=CC(=O)NC(/C=C\CNc1ncc(Br)c(NCCCNC(=O)C(C)(C)C(N)=O)n1)=C/CC. The summed E-state index contributed by atoms with van der Waals surface area (Å²) in [6.07, 6.45) is 9.78. The summed E-state index contributed by atoms with van der Waals surface area (Å²) in [4.78, 5) is 43.4. The molecular formula is C22H32BrN7O3. The van der Waals surface area contributed by atoms with Crippen LogP contribution in [0, 0.1) is 5.41 Å². The standard InChI is InChI=1S/C22H32BrN7O3/c1-5-9-15(29-17(31)6-2)10-7-11-27-21-28-14-16(23)18(30-21)25-12-8-13-26-20(33)22(3,4)19(24)32/h6-7,9-10,14H,2,5,8,11-13H2,1,3-4H3,(H2,24,32)(H,26,33)(H,29,31)(H2,25,27,28,30)/b10-7-,15-9+. The molecule has 0 bridgehead atoms. The lowest BCUT2D eigenvalue weighted by Crippen LogP contribution is -2.46. The number of aromatic nitrogens is 2. The van der Waals surface area contributed by atoms with Crippen molar-refractivity contribution in [3.05, 3.63) is 47.2 Å². The van der Waals surface area contributed by atoms with Gasteiger partial charge in [-0.25, -0.2) is 4.98 Å². The number of nitrogens with two attached hydrogens (primary N) is 1. The summed E-state index contributed by atoms with van der Waals surface area (Å²) in [6.45, 7) is 9.78. The highest BCUT2D eigenvalue weighted by Gasteiger charge is 2.33. The molecule has 0 saturated heterocycles. The van der Waals surface area contributed by atoms with Gasteiger partial charge in [0.15, 0.2) is 0 Å². The number of hydrogen-bond acceptors (Lipinski definition) is 7. The number of amides is 3. The van der Waals surface area contributed by atoms with Crippen LogP contribution in [0.15, 0.2) is 47.2 Å². The molecule has 0 spiro atoms. The minimum atomic E-state index is -1.25. The highest BCUT2D eigenvalue weighted by molar-refractivity contribution is 9.10. The molecule has 1 heterocycles. The maximum Gasteiger partial charge on any atom is 0.247 e. The Morgan fingerprint density at radius 3 is 2.61 bits per heavy atom. The van der Waals surface area contributed by atoms with Gasteiger partial charge < -0.3 is 27.0 Å². The Morgan fingerprint density at radius 1 is 1.24 bits per heavy atom. The minimum Gasteiger partial charge on any atom is -0.369 e. The van der Waals surface area contributed by atoms with E-state index < -0.39 is 17.2 Å². The van der Waals surface area contributed by atoms with E-state index in [4.69, 9.17) is 5.73 Å². The topological polar surface area (TPSA) is 151 Å². The Hall–Kier alpha value is -3.21. The van der Waals surface area contributed by atoms with Gasteiger partial charge in [-0.05, 0) is 54.8 Å². The second-order valence-electron chi connectivity index (χ2n) is 7.46. The molecule has 0 radical (unpaired) electrons. The number of carbonyl (C=O) groups excluding carboxylic acids is 3. The van der Waals surface area contributed by atoms with E-state index in [-0.39, 0.29) is 5.91 Å². The van der Waals surface area contributed by atoms with Crippen LogP contribution < -0.4 is 27.0 Å². The summed E-state index contributed by atoms with van der Waals surface area (Å²) >= 11 is 3.41. The Balaban J connectivity index is 2.52. The van der Waals surface area contributed by atoms with Crippen LogP contribution in [0.25, 0.3) is 0 Å². The van der Waals surface area contributed by atoms with E-state index in [1.165, 1.54) is 19.9 Å². The molecule has 33 heavy (non-hydrogen) atoms. The second kappa shape index (κ2) is 14.0. The average Bonchev–Trinajstić information content (AvgIpc) is 2.77. The lowest BCUT2D eigenvalue weighted by Gasteiger charge is -2.19. The van der Waals surface area contributed by atoms with Crippen molar-refractivity contribution in [1.82, 2.24) is 20.6 Å². The molecule has 0 aliphatic rings. The second-order valence-corrected chi connectivity index (χ2v) is 8.31. The van der Waals surface area contributed by atoms with Gasteiger partial charge in [-0.3, -0.25) is 14.4 Å². The number of carbonyl (C=O) groups is 3. The van der Waals surface area contributed by atoms with Crippen LogP contribution >= 0.6 is 15.9 Å².